The van der Waals surface area contributed by atoms with Gasteiger partial charge in [-0.15, -0.1) is 11.3 Å². The van der Waals surface area contributed by atoms with Crippen molar-refractivity contribution in [1.29, 1.82) is 0 Å². The maximum Gasteiger partial charge on any atom is 0.263 e. The molecule has 2 fully saturated rings. The van der Waals surface area contributed by atoms with Crippen LogP contribution in [-0.2, 0) is 17.8 Å². The first-order valence-electron chi connectivity index (χ1n) is 8.51. The number of nitrogens with one attached hydrogen (secondary N) is 1. The van der Waals surface area contributed by atoms with Crippen LogP contribution >= 0.6 is 11.3 Å². The van der Waals surface area contributed by atoms with Crippen LogP contribution in [0.3, 0.4) is 0 Å². The van der Waals surface area contributed by atoms with Crippen molar-refractivity contribution >= 4 is 17.2 Å². The second kappa shape index (κ2) is 6.30. The fourth-order valence-electron chi connectivity index (χ4n) is 3.35. The zero-order valence-corrected chi connectivity index (χ0v) is 13.8. The van der Waals surface area contributed by atoms with Crippen LogP contribution in [0.4, 0.5) is 0 Å². The van der Waals surface area contributed by atoms with Gasteiger partial charge in [-0.1, -0.05) is 0 Å². The van der Waals surface area contributed by atoms with Crippen molar-refractivity contribution in [1.82, 2.24) is 10.2 Å². The molecule has 0 spiro atoms. The number of ether oxygens (including phenoxy) is 1. The average Bonchev–Trinajstić information content (AvgIpc) is 3.29. The monoisotopic (exact) mass is 320 g/mol. The molecule has 0 atom stereocenters. The number of hydrogen-bond acceptors (Lipinski definition) is 4. The number of rotatable bonds is 4. The van der Waals surface area contributed by atoms with Crippen LogP contribution in [0, 0.1) is 5.92 Å². The smallest absolute Gasteiger partial charge is 0.263 e. The quantitative estimate of drug-likeness (QED) is 0.926. The summed E-state index contributed by atoms with van der Waals surface area (Å²) >= 11 is 1.67. The molecule has 4 nitrogen and oxygen atoms in total. The fourth-order valence-corrected chi connectivity index (χ4v) is 4.47. The van der Waals surface area contributed by atoms with Gasteiger partial charge in [-0.3, -0.25) is 4.79 Å². The lowest BCUT2D eigenvalue weighted by atomic mass is 10.0. The van der Waals surface area contributed by atoms with Crippen LogP contribution in [0.15, 0.2) is 6.07 Å². The average molecular weight is 320 g/mol. The molecule has 1 aromatic rings. The first kappa shape index (κ1) is 14.7. The summed E-state index contributed by atoms with van der Waals surface area (Å²) in [5.74, 6) is 1.15. The van der Waals surface area contributed by atoms with Gasteiger partial charge in [0.15, 0.2) is 0 Å². The first-order valence-corrected chi connectivity index (χ1v) is 9.33. The van der Waals surface area contributed by atoms with Crippen LogP contribution in [0.2, 0.25) is 0 Å². The highest BCUT2D eigenvalue weighted by Gasteiger charge is 2.27. The summed E-state index contributed by atoms with van der Waals surface area (Å²) in [5, 5.41) is 3.67. The molecule has 1 aromatic heterocycles. The van der Waals surface area contributed by atoms with E-state index < -0.39 is 0 Å². The number of carbonyl (C=O) groups excluding carboxylic acids is 1. The Balaban J connectivity index is 1.32. The minimum Gasteiger partial charge on any atom is -0.376 e. The number of carbonyl (C=O) groups is 1. The number of thiophene rings is 1. The predicted molar refractivity (Wildman–Crippen MR) is 87.3 cm³/mol. The van der Waals surface area contributed by atoms with Crippen LogP contribution in [0.5, 0.6) is 0 Å². The van der Waals surface area contributed by atoms with E-state index >= 15 is 0 Å². The third kappa shape index (κ3) is 3.21. The summed E-state index contributed by atoms with van der Waals surface area (Å²) < 4.78 is 5.47. The molecule has 0 unspecified atom stereocenters. The number of piperidine rings is 1. The summed E-state index contributed by atoms with van der Waals surface area (Å²) in [6.07, 6.45) is 5.94. The summed E-state index contributed by atoms with van der Waals surface area (Å²) in [6.45, 7) is 4.42. The Labute approximate surface area is 135 Å². The Morgan fingerprint density at radius 1 is 1.32 bits per heavy atom. The molecule has 1 aliphatic carbocycles. The van der Waals surface area contributed by atoms with Gasteiger partial charge in [0.25, 0.3) is 5.91 Å². The summed E-state index contributed by atoms with van der Waals surface area (Å²) in [5.41, 5.74) is 1.22. The van der Waals surface area contributed by atoms with Gasteiger partial charge >= 0.3 is 0 Å². The van der Waals surface area contributed by atoms with Gasteiger partial charge in [0, 0.05) is 30.4 Å². The number of fused-ring (bicyclic) bond motifs is 1. The molecule has 1 N–H and O–H groups in total. The van der Waals surface area contributed by atoms with Crippen LogP contribution in [0.1, 0.15) is 45.8 Å². The van der Waals surface area contributed by atoms with Gasteiger partial charge < -0.3 is 15.0 Å². The lowest BCUT2D eigenvalue weighted by molar-refractivity contribution is 0.0709. The van der Waals surface area contributed by atoms with Gasteiger partial charge in [-0.05, 0) is 49.8 Å². The zero-order valence-electron chi connectivity index (χ0n) is 13.0. The normalized spacial score (nSPS) is 22.6. The second-order valence-corrected chi connectivity index (χ2v) is 7.92. The Morgan fingerprint density at radius 2 is 2.14 bits per heavy atom. The SMILES string of the molecule is O=C(c1cc2c(s1)CCOC2)N1CCC(NCC2CC2)CC1. The van der Waals surface area contributed by atoms with E-state index in [1.165, 1.54) is 29.8 Å². The van der Waals surface area contributed by atoms with Gasteiger partial charge in [0.1, 0.15) is 0 Å². The van der Waals surface area contributed by atoms with Crippen molar-refractivity contribution in [3.05, 3.63) is 21.4 Å². The highest BCUT2D eigenvalue weighted by atomic mass is 32.1. The lowest BCUT2D eigenvalue weighted by Gasteiger charge is -2.32. The Morgan fingerprint density at radius 3 is 2.86 bits per heavy atom. The van der Waals surface area contributed by atoms with E-state index in [1.807, 2.05) is 4.90 Å². The van der Waals surface area contributed by atoms with Crippen molar-refractivity contribution in [2.75, 3.05) is 26.2 Å². The molecule has 0 bridgehead atoms. The molecular formula is C17H24N2O2S. The molecule has 3 heterocycles. The molecule has 3 aliphatic rings. The molecule has 5 heteroatoms. The molecule has 0 aromatic carbocycles. The number of hydrogen-bond donors (Lipinski definition) is 1. The van der Waals surface area contributed by atoms with Crippen molar-refractivity contribution < 1.29 is 9.53 Å². The first-order chi connectivity index (χ1) is 10.8. The Hall–Kier alpha value is -0.910. The lowest BCUT2D eigenvalue weighted by Crippen LogP contribution is -2.45. The van der Waals surface area contributed by atoms with E-state index in [-0.39, 0.29) is 5.91 Å². The predicted octanol–water partition coefficient (Wildman–Crippen LogP) is 2.43. The fraction of sp³-hybridized carbons (Fsp3) is 0.706. The van der Waals surface area contributed by atoms with E-state index in [4.69, 9.17) is 4.74 Å². The van der Waals surface area contributed by atoms with E-state index in [1.54, 1.807) is 11.3 Å². The van der Waals surface area contributed by atoms with Gasteiger partial charge in [0.05, 0.1) is 18.1 Å². The van der Waals surface area contributed by atoms with Crippen LogP contribution in [-0.4, -0.2) is 43.1 Å². The molecule has 22 heavy (non-hydrogen) atoms. The Bertz CT molecular complexity index is 521. The molecule has 1 saturated heterocycles. The summed E-state index contributed by atoms with van der Waals surface area (Å²) in [6, 6.07) is 2.66. The van der Waals surface area contributed by atoms with Crippen molar-refractivity contribution in [2.45, 2.75) is 44.8 Å². The molecule has 2 aliphatic heterocycles. The van der Waals surface area contributed by atoms with E-state index in [9.17, 15) is 4.79 Å². The van der Waals surface area contributed by atoms with E-state index in [0.717, 1.165) is 49.8 Å². The third-order valence-electron chi connectivity index (χ3n) is 5.01. The van der Waals surface area contributed by atoms with Crippen molar-refractivity contribution in [3.8, 4) is 0 Å². The molecule has 1 saturated carbocycles. The van der Waals surface area contributed by atoms with Crippen molar-refractivity contribution in [3.63, 3.8) is 0 Å². The van der Waals surface area contributed by atoms with Crippen molar-refractivity contribution in [2.24, 2.45) is 5.92 Å². The second-order valence-electron chi connectivity index (χ2n) is 6.78. The largest absolute Gasteiger partial charge is 0.376 e. The molecule has 4 rings (SSSR count). The van der Waals surface area contributed by atoms with Crippen LogP contribution < -0.4 is 5.32 Å². The van der Waals surface area contributed by atoms with Gasteiger partial charge in [0.2, 0.25) is 0 Å². The minimum absolute atomic E-state index is 0.222. The molecular weight excluding hydrogens is 296 g/mol. The molecule has 0 radical (unpaired) electrons. The Kier molecular flexibility index (Phi) is 4.20. The highest BCUT2D eigenvalue weighted by molar-refractivity contribution is 7.14. The topological polar surface area (TPSA) is 41.6 Å². The maximum atomic E-state index is 12.7. The van der Waals surface area contributed by atoms with Crippen LogP contribution in [0.25, 0.3) is 0 Å². The van der Waals surface area contributed by atoms with Gasteiger partial charge in [-0.2, -0.15) is 0 Å². The summed E-state index contributed by atoms with van der Waals surface area (Å²) in [7, 11) is 0. The number of amides is 1. The third-order valence-corrected chi connectivity index (χ3v) is 6.24. The van der Waals surface area contributed by atoms with E-state index in [2.05, 4.69) is 11.4 Å². The zero-order chi connectivity index (χ0) is 14.9. The minimum atomic E-state index is 0.222. The van der Waals surface area contributed by atoms with E-state index in [0.29, 0.717) is 12.6 Å². The number of nitrogens with zero attached hydrogens (tertiary/aromatic N) is 1. The summed E-state index contributed by atoms with van der Waals surface area (Å²) in [4.78, 5) is 17.0. The molecule has 120 valence electrons. The molecule has 1 amide bonds. The maximum absolute atomic E-state index is 12.7. The standard InChI is InChI=1S/C17H24N2O2S/c20-17(16-9-13-11-21-8-5-15(13)22-16)19-6-3-14(4-7-19)18-10-12-1-2-12/h9,12,14,18H,1-8,10-11H2. The highest BCUT2D eigenvalue weighted by Crippen LogP contribution is 2.29. The van der Waals surface area contributed by atoms with Gasteiger partial charge in [-0.25, -0.2) is 0 Å². The number of likely N-dealkylation sites (tertiary alicyclic amines) is 1.